The Morgan fingerprint density at radius 1 is 0.963 bits per heavy atom. The van der Waals surface area contributed by atoms with E-state index in [1.165, 1.54) is 15.9 Å². The molecule has 3 aromatic rings. The molecule has 1 fully saturated rings. The van der Waals surface area contributed by atoms with Gasteiger partial charge in [-0.15, -0.1) is 0 Å². The normalized spacial score (nSPS) is 14.6. The topological polar surface area (TPSA) is 58.4 Å². The minimum atomic E-state index is -0.189. The number of hydrogen-bond donors (Lipinski definition) is 0. The van der Waals surface area contributed by atoms with Gasteiger partial charge in [0.2, 0.25) is 0 Å². The highest BCUT2D eigenvalue weighted by Gasteiger charge is 2.25. The first-order chi connectivity index (χ1) is 13.0. The number of aromatic nitrogens is 2. The Bertz CT molecular complexity index is 1070. The summed E-state index contributed by atoms with van der Waals surface area (Å²) in [5.74, 6) is -0.120. The van der Waals surface area contributed by atoms with Crippen LogP contribution < -0.4 is 10.5 Å². The van der Waals surface area contributed by atoms with Crippen LogP contribution in [0.4, 0.5) is 5.69 Å². The molecular formula is C21H22N4O2. The Labute approximate surface area is 157 Å². The van der Waals surface area contributed by atoms with Crippen molar-refractivity contribution >= 4 is 22.4 Å². The number of piperazine rings is 1. The van der Waals surface area contributed by atoms with Gasteiger partial charge >= 0.3 is 0 Å². The van der Waals surface area contributed by atoms with Crippen LogP contribution in [0.15, 0.2) is 53.3 Å². The van der Waals surface area contributed by atoms with Gasteiger partial charge in [-0.25, -0.2) is 4.68 Å². The number of carbonyl (C=O) groups is 1. The summed E-state index contributed by atoms with van der Waals surface area (Å²) in [7, 11) is 1.58. The van der Waals surface area contributed by atoms with E-state index in [1.54, 1.807) is 25.2 Å². The monoisotopic (exact) mass is 362 g/mol. The summed E-state index contributed by atoms with van der Waals surface area (Å²) in [6.45, 7) is 4.90. The number of nitrogens with zero attached hydrogens (tertiary/aromatic N) is 4. The van der Waals surface area contributed by atoms with E-state index < -0.39 is 0 Å². The summed E-state index contributed by atoms with van der Waals surface area (Å²) in [4.78, 5) is 29.5. The second-order valence-corrected chi connectivity index (χ2v) is 6.94. The van der Waals surface area contributed by atoms with E-state index in [0.29, 0.717) is 29.6 Å². The highest BCUT2D eigenvalue weighted by Crippen LogP contribution is 2.20. The molecule has 1 saturated heterocycles. The van der Waals surface area contributed by atoms with Crippen LogP contribution >= 0.6 is 0 Å². The Morgan fingerprint density at radius 3 is 2.37 bits per heavy atom. The lowest BCUT2D eigenvalue weighted by Gasteiger charge is -2.36. The Hall–Kier alpha value is -3.15. The molecule has 0 bridgehead atoms. The Balaban J connectivity index is 1.58. The Kier molecular flexibility index (Phi) is 4.39. The summed E-state index contributed by atoms with van der Waals surface area (Å²) < 4.78 is 1.25. The summed E-state index contributed by atoms with van der Waals surface area (Å²) >= 11 is 0. The average Bonchev–Trinajstić information content (AvgIpc) is 2.70. The van der Waals surface area contributed by atoms with E-state index in [0.717, 1.165) is 13.1 Å². The number of carbonyl (C=O) groups excluding carboxylic acids is 1. The predicted octanol–water partition coefficient (Wildman–Crippen LogP) is 2.20. The number of amides is 1. The van der Waals surface area contributed by atoms with Crippen molar-refractivity contribution in [1.29, 1.82) is 0 Å². The molecule has 1 aromatic heterocycles. The molecular weight excluding hydrogens is 340 g/mol. The standard InChI is InChI=1S/C21H22N4O2/c1-15-6-5-7-16(14-15)24-10-12-25(13-11-24)21(27)19-17-8-3-4-9-18(17)20(26)23(2)22-19/h3-9,14H,10-13H2,1-2H3. The average molecular weight is 362 g/mol. The van der Waals surface area contributed by atoms with Crippen molar-refractivity contribution in [3.05, 3.63) is 70.1 Å². The van der Waals surface area contributed by atoms with Gasteiger partial charge in [-0.05, 0) is 30.7 Å². The molecule has 0 radical (unpaired) electrons. The van der Waals surface area contributed by atoms with Crippen LogP contribution in [0, 0.1) is 6.92 Å². The van der Waals surface area contributed by atoms with Gasteiger partial charge in [0.1, 0.15) is 0 Å². The molecule has 0 atom stereocenters. The van der Waals surface area contributed by atoms with E-state index in [2.05, 4.69) is 41.2 Å². The summed E-state index contributed by atoms with van der Waals surface area (Å²) in [6.07, 6.45) is 0. The molecule has 6 nitrogen and oxygen atoms in total. The van der Waals surface area contributed by atoms with Crippen LogP contribution in [0.3, 0.4) is 0 Å². The minimum Gasteiger partial charge on any atom is -0.368 e. The molecule has 0 N–H and O–H groups in total. The fourth-order valence-corrected chi connectivity index (χ4v) is 3.60. The van der Waals surface area contributed by atoms with Crippen LogP contribution in [-0.2, 0) is 7.05 Å². The van der Waals surface area contributed by atoms with Gasteiger partial charge < -0.3 is 9.80 Å². The lowest BCUT2D eigenvalue weighted by molar-refractivity contribution is 0.0740. The van der Waals surface area contributed by atoms with E-state index in [-0.39, 0.29) is 11.5 Å². The molecule has 2 heterocycles. The van der Waals surface area contributed by atoms with Gasteiger partial charge in [0.15, 0.2) is 5.69 Å². The van der Waals surface area contributed by atoms with Crippen LogP contribution in [0.5, 0.6) is 0 Å². The molecule has 1 amide bonds. The van der Waals surface area contributed by atoms with Crippen molar-refractivity contribution in [2.75, 3.05) is 31.1 Å². The number of aryl methyl sites for hydroxylation is 2. The quantitative estimate of drug-likeness (QED) is 0.701. The van der Waals surface area contributed by atoms with Gasteiger partial charge in [-0.3, -0.25) is 9.59 Å². The van der Waals surface area contributed by atoms with Gasteiger partial charge in [-0.1, -0.05) is 30.3 Å². The maximum atomic E-state index is 13.1. The zero-order valence-corrected chi connectivity index (χ0v) is 15.6. The SMILES string of the molecule is Cc1cccc(N2CCN(C(=O)c3nn(C)c(=O)c4ccccc34)CC2)c1. The van der Waals surface area contributed by atoms with E-state index in [1.807, 2.05) is 11.0 Å². The van der Waals surface area contributed by atoms with Crippen LogP contribution in [-0.4, -0.2) is 46.8 Å². The molecule has 2 aromatic carbocycles. The number of anilines is 1. The van der Waals surface area contributed by atoms with Gasteiger partial charge in [0.05, 0.1) is 5.39 Å². The molecule has 1 aliphatic heterocycles. The summed E-state index contributed by atoms with van der Waals surface area (Å²) in [5, 5.41) is 5.41. The zero-order chi connectivity index (χ0) is 19.0. The number of hydrogen-bond acceptors (Lipinski definition) is 4. The van der Waals surface area contributed by atoms with Crippen LogP contribution in [0.25, 0.3) is 10.8 Å². The Morgan fingerprint density at radius 2 is 1.67 bits per heavy atom. The third kappa shape index (κ3) is 3.18. The molecule has 0 spiro atoms. The van der Waals surface area contributed by atoms with Crippen molar-refractivity contribution < 1.29 is 4.79 Å². The maximum absolute atomic E-state index is 13.1. The highest BCUT2D eigenvalue weighted by molar-refractivity contribution is 6.04. The van der Waals surface area contributed by atoms with Crippen molar-refractivity contribution in [2.45, 2.75) is 6.92 Å². The largest absolute Gasteiger partial charge is 0.368 e. The van der Waals surface area contributed by atoms with E-state index >= 15 is 0 Å². The van der Waals surface area contributed by atoms with Crippen LogP contribution in [0.1, 0.15) is 16.1 Å². The van der Waals surface area contributed by atoms with Crippen molar-refractivity contribution in [3.63, 3.8) is 0 Å². The lowest BCUT2D eigenvalue weighted by atomic mass is 10.1. The van der Waals surface area contributed by atoms with Crippen molar-refractivity contribution in [3.8, 4) is 0 Å². The number of benzene rings is 2. The fraction of sp³-hybridized carbons (Fsp3) is 0.286. The van der Waals surface area contributed by atoms with Gasteiger partial charge in [0, 0.05) is 44.3 Å². The first kappa shape index (κ1) is 17.3. The molecule has 6 heteroatoms. The third-order valence-corrected chi connectivity index (χ3v) is 5.09. The molecule has 27 heavy (non-hydrogen) atoms. The lowest BCUT2D eigenvalue weighted by Crippen LogP contribution is -2.49. The fourth-order valence-electron chi connectivity index (χ4n) is 3.60. The van der Waals surface area contributed by atoms with E-state index in [4.69, 9.17) is 0 Å². The second kappa shape index (κ2) is 6.87. The van der Waals surface area contributed by atoms with Crippen LogP contribution in [0.2, 0.25) is 0 Å². The van der Waals surface area contributed by atoms with E-state index in [9.17, 15) is 9.59 Å². The highest BCUT2D eigenvalue weighted by atomic mass is 16.2. The molecule has 1 aliphatic rings. The smallest absolute Gasteiger partial charge is 0.275 e. The molecule has 138 valence electrons. The van der Waals surface area contributed by atoms with Crippen molar-refractivity contribution in [2.24, 2.45) is 7.05 Å². The first-order valence-electron chi connectivity index (χ1n) is 9.11. The predicted molar refractivity (Wildman–Crippen MR) is 106 cm³/mol. The van der Waals surface area contributed by atoms with Crippen molar-refractivity contribution in [1.82, 2.24) is 14.7 Å². The van der Waals surface area contributed by atoms with Gasteiger partial charge in [-0.2, -0.15) is 5.10 Å². The molecule has 0 saturated carbocycles. The first-order valence-corrected chi connectivity index (χ1v) is 9.11. The number of rotatable bonds is 2. The second-order valence-electron chi connectivity index (χ2n) is 6.94. The number of fused-ring (bicyclic) bond motifs is 1. The van der Waals surface area contributed by atoms with Gasteiger partial charge in [0.25, 0.3) is 11.5 Å². The summed E-state index contributed by atoms with van der Waals surface area (Å²) in [6, 6.07) is 15.6. The molecule has 4 rings (SSSR count). The third-order valence-electron chi connectivity index (χ3n) is 5.09. The maximum Gasteiger partial charge on any atom is 0.275 e. The summed E-state index contributed by atoms with van der Waals surface area (Å²) in [5.41, 5.74) is 2.57. The minimum absolute atomic E-state index is 0.120. The zero-order valence-electron chi connectivity index (χ0n) is 15.6. The molecule has 0 aliphatic carbocycles. The molecule has 0 unspecified atom stereocenters.